The van der Waals surface area contributed by atoms with Crippen LogP contribution in [0.1, 0.15) is 51.9 Å². The van der Waals surface area contributed by atoms with Gasteiger partial charge in [0.2, 0.25) is 0 Å². The molecule has 0 aromatic rings. The van der Waals surface area contributed by atoms with Crippen LogP contribution in [0.4, 0.5) is 4.39 Å². The minimum atomic E-state index is -0.894. The standard InChI is InChI=1S/C20H25FO/c1-3-12-4-7-18-16-11-19(21)17-10-13(22)5-6-14(17)15(16)8-9-20(12,18)2/h10,14-16,18-19H,1,4-9,11H2,2H3/t14-,15?,16?,18?,19-,20-/m1/s1. The van der Waals surface area contributed by atoms with Gasteiger partial charge >= 0.3 is 0 Å². The zero-order valence-corrected chi connectivity index (χ0v) is 13.4. The molecule has 1 nitrogen and oxygen atoms in total. The first-order chi connectivity index (χ1) is 10.5. The quantitative estimate of drug-likeness (QED) is 0.588. The van der Waals surface area contributed by atoms with E-state index in [1.54, 1.807) is 6.08 Å². The average molecular weight is 300 g/mol. The predicted molar refractivity (Wildman–Crippen MR) is 85.0 cm³/mol. The summed E-state index contributed by atoms with van der Waals surface area (Å²) in [6, 6.07) is 0. The van der Waals surface area contributed by atoms with E-state index in [4.69, 9.17) is 0 Å². The van der Waals surface area contributed by atoms with Gasteiger partial charge in [0.25, 0.3) is 0 Å². The molecule has 0 aromatic heterocycles. The lowest BCUT2D eigenvalue weighted by Gasteiger charge is -2.53. The van der Waals surface area contributed by atoms with Crippen LogP contribution in [0.3, 0.4) is 0 Å². The van der Waals surface area contributed by atoms with Gasteiger partial charge in [0.05, 0.1) is 0 Å². The molecule has 0 amide bonds. The molecule has 0 aromatic carbocycles. The van der Waals surface area contributed by atoms with Crippen molar-refractivity contribution in [1.82, 2.24) is 0 Å². The summed E-state index contributed by atoms with van der Waals surface area (Å²) in [4.78, 5) is 11.7. The molecular formula is C20H25FO. The second-order valence-electron chi connectivity index (χ2n) is 8.04. The Balaban J connectivity index is 1.69. The first kappa shape index (κ1) is 14.5. The summed E-state index contributed by atoms with van der Waals surface area (Å²) in [5.41, 5.74) is 5.61. The van der Waals surface area contributed by atoms with Gasteiger partial charge in [-0.2, -0.15) is 0 Å². The van der Waals surface area contributed by atoms with Crippen LogP contribution in [0.15, 0.2) is 29.5 Å². The fourth-order valence-electron chi connectivity index (χ4n) is 6.25. The summed E-state index contributed by atoms with van der Waals surface area (Å²) in [6.45, 7) is 6.25. The number of carbonyl (C=O) groups is 1. The SMILES string of the molecule is C=C=C1CCC2C3C[C@@H](F)C4=CC(=O)CC[C@@H]4C3CC[C@]12C. The van der Waals surface area contributed by atoms with E-state index in [0.717, 1.165) is 18.4 Å². The predicted octanol–water partition coefficient (Wildman–Crippen LogP) is 4.79. The van der Waals surface area contributed by atoms with Crippen molar-refractivity contribution in [2.75, 3.05) is 0 Å². The average Bonchev–Trinajstić information content (AvgIpc) is 2.84. The molecule has 3 unspecified atom stereocenters. The van der Waals surface area contributed by atoms with Crippen LogP contribution in [0.5, 0.6) is 0 Å². The van der Waals surface area contributed by atoms with Crippen LogP contribution in [-0.2, 0) is 4.79 Å². The van der Waals surface area contributed by atoms with Gasteiger partial charge in [-0.3, -0.25) is 4.79 Å². The minimum absolute atomic E-state index is 0.130. The van der Waals surface area contributed by atoms with Gasteiger partial charge in [-0.25, -0.2) is 4.39 Å². The number of hydrogen-bond donors (Lipinski definition) is 0. The first-order valence-electron chi connectivity index (χ1n) is 8.82. The van der Waals surface area contributed by atoms with Gasteiger partial charge < -0.3 is 0 Å². The fraction of sp³-hybridized carbons (Fsp3) is 0.700. The number of rotatable bonds is 0. The number of allylic oxidation sites excluding steroid dienone is 2. The molecule has 22 heavy (non-hydrogen) atoms. The zero-order valence-electron chi connectivity index (χ0n) is 13.4. The number of halogens is 1. The van der Waals surface area contributed by atoms with Crippen molar-refractivity contribution in [1.29, 1.82) is 0 Å². The summed E-state index contributed by atoms with van der Waals surface area (Å²) in [5, 5.41) is 0. The number of alkyl halides is 1. The third-order valence-corrected chi connectivity index (χ3v) is 7.31. The topological polar surface area (TPSA) is 17.1 Å². The molecule has 4 rings (SSSR count). The highest BCUT2D eigenvalue weighted by Gasteiger charge is 2.56. The smallest absolute Gasteiger partial charge is 0.155 e. The highest BCUT2D eigenvalue weighted by molar-refractivity contribution is 5.91. The third-order valence-electron chi connectivity index (χ3n) is 7.31. The Morgan fingerprint density at radius 3 is 2.86 bits per heavy atom. The molecule has 0 spiro atoms. The van der Waals surface area contributed by atoms with Gasteiger partial charge in [0.15, 0.2) is 5.78 Å². The molecule has 118 valence electrons. The van der Waals surface area contributed by atoms with Crippen molar-refractivity contribution in [3.63, 3.8) is 0 Å². The molecule has 0 saturated heterocycles. The van der Waals surface area contributed by atoms with E-state index >= 15 is 0 Å². The molecule has 0 N–H and O–H groups in total. The highest BCUT2D eigenvalue weighted by atomic mass is 19.1. The zero-order chi connectivity index (χ0) is 15.5. The molecular weight excluding hydrogens is 275 g/mol. The van der Waals surface area contributed by atoms with Gasteiger partial charge in [-0.05, 0) is 84.8 Å². The fourth-order valence-corrected chi connectivity index (χ4v) is 6.25. The van der Waals surface area contributed by atoms with E-state index in [0.29, 0.717) is 36.5 Å². The maximum atomic E-state index is 14.8. The van der Waals surface area contributed by atoms with Crippen molar-refractivity contribution in [2.45, 2.75) is 58.0 Å². The molecule has 3 saturated carbocycles. The molecule has 2 heteroatoms. The van der Waals surface area contributed by atoms with Crippen LogP contribution >= 0.6 is 0 Å². The monoisotopic (exact) mass is 300 g/mol. The van der Waals surface area contributed by atoms with Gasteiger partial charge in [0, 0.05) is 6.42 Å². The van der Waals surface area contributed by atoms with Crippen molar-refractivity contribution in [3.05, 3.63) is 29.5 Å². The Kier molecular flexibility index (Phi) is 3.24. The number of ketones is 1. The van der Waals surface area contributed by atoms with E-state index in [2.05, 4.69) is 19.2 Å². The second kappa shape index (κ2) is 4.93. The van der Waals surface area contributed by atoms with E-state index in [1.165, 1.54) is 24.8 Å². The summed E-state index contributed by atoms with van der Waals surface area (Å²) >= 11 is 0. The van der Waals surface area contributed by atoms with E-state index in [9.17, 15) is 9.18 Å². The number of carbonyl (C=O) groups excluding carboxylic acids is 1. The lowest BCUT2D eigenvalue weighted by molar-refractivity contribution is -0.116. The Morgan fingerprint density at radius 2 is 2.09 bits per heavy atom. The van der Waals surface area contributed by atoms with E-state index < -0.39 is 6.17 Å². The van der Waals surface area contributed by atoms with Gasteiger partial charge in [-0.15, -0.1) is 5.73 Å². The lowest BCUT2D eigenvalue weighted by Crippen LogP contribution is -2.47. The third kappa shape index (κ3) is 1.86. The second-order valence-corrected chi connectivity index (χ2v) is 8.04. The number of fused-ring (bicyclic) bond motifs is 5. The van der Waals surface area contributed by atoms with Crippen molar-refractivity contribution in [3.8, 4) is 0 Å². The lowest BCUT2D eigenvalue weighted by atomic mass is 9.51. The maximum absolute atomic E-state index is 14.8. The van der Waals surface area contributed by atoms with Crippen molar-refractivity contribution in [2.24, 2.45) is 29.1 Å². The van der Waals surface area contributed by atoms with Crippen LogP contribution in [-0.4, -0.2) is 12.0 Å². The van der Waals surface area contributed by atoms with Crippen LogP contribution < -0.4 is 0 Å². The van der Waals surface area contributed by atoms with Gasteiger partial charge in [0.1, 0.15) is 6.17 Å². The molecule has 4 aliphatic rings. The molecule has 0 heterocycles. The first-order valence-corrected chi connectivity index (χ1v) is 8.82. The van der Waals surface area contributed by atoms with Gasteiger partial charge in [-0.1, -0.05) is 13.5 Å². The van der Waals surface area contributed by atoms with Crippen LogP contribution in [0.2, 0.25) is 0 Å². The minimum Gasteiger partial charge on any atom is -0.295 e. The number of hydrogen-bond acceptors (Lipinski definition) is 1. The summed E-state index contributed by atoms with van der Waals surface area (Å²) in [6.07, 6.45) is 7.50. The highest BCUT2D eigenvalue weighted by Crippen LogP contribution is 2.63. The summed E-state index contributed by atoms with van der Waals surface area (Å²) in [5.74, 6) is 2.12. The van der Waals surface area contributed by atoms with E-state index in [1.807, 2.05) is 0 Å². The van der Waals surface area contributed by atoms with Crippen molar-refractivity contribution >= 4 is 5.78 Å². The molecule has 4 aliphatic carbocycles. The molecule has 0 bridgehead atoms. The Bertz CT molecular complexity index is 597. The van der Waals surface area contributed by atoms with Crippen LogP contribution in [0.25, 0.3) is 0 Å². The summed E-state index contributed by atoms with van der Waals surface area (Å²) in [7, 11) is 0. The molecule has 0 aliphatic heterocycles. The summed E-state index contributed by atoms with van der Waals surface area (Å²) < 4.78 is 14.8. The Hall–Kier alpha value is -1.14. The maximum Gasteiger partial charge on any atom is 0.155 e. The molecule has 3 fully saturated rings. The van der Waals surface area contributed by atoms with Crippen molar-refractivity contribution < 1.29 is 9.18 Å². The Morgan fingerprint density at radius 1 is 1.27 bits per heavy atom. The van der Waals surface area contributed by atoms with Crippen LogP contribution in [0, 0.1) is 29.1 Å². The Labute approximate surface area is 132 Å². The molecule has 0 radical (unpaired) electrons. The largest absolute Gasteiger partial charge is 0.295 e. The molecule has 6 atom stereocenters. The van der Waals surface area contributed by atoms with E-state index in [-0.39, 0.29) is 11.2 Å². The normalized spacial score (nSPS) is 47.2.